The second-order valence-electron chi connectivity index (χ2n) is 6.06. The minimum absolute atomic E-state index is 0.189. The molecule has 1 unspecified atom stereocenters. The van der Waals surface area contributed by atoms with Crippen LogP contribution in [0.2, 0.25) is 10.0 Å². The van der Waals surface area contributed by atoms with E-state index in [4.69, 9.17) is 23.2 Å². The van der Waals surface area contributed by atoms with Gasteiger partial charge in [-0.15, -0.1) is 0 Å². The fourth-order valence-corrected chi connectivity index (χ4v) is 4.96. The van der Waals surface area contributed by atoms with Gasteiger partial charge in [-0.2, -0.15) is 4.31 Å². The van der Waals surface area contributed by atoms with Crippen LogP contribution in [0.1, 0.15) is 19.3 Å². The number of sulfonamides is 1. The summed E-state index contributed by atoms with van der Waals surface area (Å²) in [5.74, 6) is -0.373. The predicted molar refractivity (Wildman–Crippen MR) is 103 cm³/mol. The Balaban J connectivity index is 1.84. The Kier molecular flexibility index (Phi) is 5.87. The lowest BCUT2D eigenvalue weighted by atomic mass is 10.0. The number of anilines is 1. The van der Waals surface area contributed by atoms with Crippen molar-refractivity contribution in [2.75, 3.05) is 11.9 Å². The van der Waals surface area contributed by atoms with Crippen LogP contribution in [0.3, 0.4) is 0 Å². The lowest BCUT2D eigenvalue weighted by molar-refractivity contribution is -0.120. The van der Waals surface area contributed by atoms with Crippen molar-refractivity contribution in [3.63, 3.8) is 0 Å². The van der Waals surface area contributed by atoms with Crippen molar-refractivity contribution in [1.82, 2.24) is 4.31 Å². The Morgan fingerprint density at radius 2 is 1.77 bits per heavy atom. The van der Waals surface area contributed by atoms with Crippen molar-refractivity contribution in [1.29, 1.82) is 0 Å². The van der Waals surface area contributed by atoms with Crippen molar-refractivity contribution < 1.29 is 13.2 Å². The van der Waals surface area contributed by atoms with E-state index in [1.165, 1.54) is 16.4 Å². The summed E-state index contributed by atoms with van der Waals surface area (Å²) in [6.07, 6.45) is 1.99. The third kappa shape index (κ3) is 4.04. The zero-order valence-corrected chi connectivity index (χ0v) is 16.2. The van der Waals surface area contributed by atoms with Crippen LogP contribution in [0.5, 0.6) is 0 Å². The summed E-state index contributed by atoms with van der Waals surface area (Å²) in [6.45, 7) is 0.316. The van der Waals surface area contributed by atoms with Crippen LogP contribution in [0.4, 0.5) is 5.69 Å². The number of carbonyl (C=O) groups is 1. The lowest BCUT2D eigenvalue weighted by Gasteiger charge is -2.33. The zero-order chi connectivity index (χ0) is 18.7. The molecule has 0 aromatic heterocycles. The van der Waals surface area contributed by atoms with Gasteiger partial charge in [0.05, 0.1) is 14.9 Å². The first kappa shape index (κ1) is 19.2. The van der Waals surface area contributed by atoms with Crippen LogP contribution >= 0.6 is 23.2 Å². The molecule has 138 valence electrons. The molecule has 2 aromatic rings. The largest absolute Gasteiger partial charge is 0.325 e. The Bertz CT molecular complexity index is 904. The van der Waals surface area contributed by atoms with Crippen molar-refractivity contribution in [3.8, 4) is 0 Å². The van der Waals surface area contributed by atoms with Crippen molar-refractivity contribution >= 4 is 44.8 Å². The summed E-state index contributed by atoms with van der Waals surface area (Å²) in [7, 11) is -3.74. The van der Waals surface area contributed by atoms with Crippen LogP contribution in [0, 0.1) is 0 Å². The van der Waals surface area contributed by atoms with Gasteiger partial charge in [-0.3, -0.25) is 4.79 Å². The van der Waals surface area contributed by atoms with E-state index in [-0.39, 0.29) is 10.8 Å². The van der Waals surface area contributed by atoms with E-state index in [1.807, 2.05) is 0 Å². The van der Waals surface area contributed by atoms with Crippen molar-refractivity contribution in [3.05, 3.63) is 58.6 Å². The standard InChI is InChI=1S/C18H18Cl2N2O3S/c19-15-10-9-13(12-16(15)20)21-18(23)17-8-4-5-11-22(17)26(24,25)14-6-2-1-3-7-14/h1-3,6-7,9-10,12,17H,4-5,8,11H2,(H,21,23). The smallest absolute Gasteiger partial charge is 0.243 e. The van der Waals surface area contributed by atoms with E-state index in [0.29, 0.717) is 28.7 Å². The molecule has 5 nitrogen and oxygen atoms in total. The van der Waals surface area contributed by atoms with Gasteiger partial charge in [0.2, 0.25) is 15.9 Å². The number of nitrogens with one attached hydrogen (secondary N) is 1. The molecule has 1 fully saturated rings. The molecule has 26 heavy (non-hydrogen) atoms. The van der Waals surface area contributed by atoms with Crippen LogP contribution < -0.4 is 5.32 Å². The van der Waals surface area contributed by atoms with E-state index in [0.717, 1.165) is 12.8 Å². The summed E-state index contributed by atoms with van der Waals surface area (Å²) >= 11 is 11.9. The molecule has 1 amide bonds. The number of carbonyl (C=O) groups excluding carboxylic acids is 1. The quantitative estimate of drug-likeness (QED) is 0.818. The Morgan fingerprint density at radius 1 is 1.04 bits per heavy atom. The summed E-state index contributed by atoms with van der Waals surface area (Å²) < 4.78 is 27.2. The van der Waals surface area contributed by atoms with Crippen molar-refractivity contribution in [2.24, 2.45) is 0 Å². The number of halogens is 2. The van der Waals surface area contributed by atoms with Gasteiger partial charge in [-0.05, 0) is 43.2 Å². The number of hydrogen-bond donors (Lipinski definition) is 1. The number of hydrogen-bond acceptors (Lipinski definition) is 3. The first-order chi connectivity index (χ1) is 12.4. The molecular formula is C18H18Cl2N2O3S. The van der Waals surface area contributed by atoms with Gasteiger partial charge in [-0.25, -0.2) is 8.42 Å². The molecule has 1 aliphatic rings. The highest BCUT2D eigenvalue weighted by Gasteiger charge is 2.37. The third-order valence-corrected chi connectivity index (χ3v) is 6.95. The molecule has 0 radical (unpaired) electrons. The lowest BCUT2D eigenvalue weighted by Crippen LogP contribution is -2.49. The molecule has 0 aliphatic carbocycles. The monoisotopic (exact) mass is 412 g/mol. The van der Waals surface area contributed by atoms with Gasteiger partial charge >= 0.3 is 0 Å². The van der Waals surface area contributed by atoms with E-state index < -0.39 is 16.1 Å². The number of amides is 1. The van der Waals surface area contributed by atoms with E-state index in [1.54, 1.807) is 36.4 Å². The third-order valence-electron chi connectivity index (χ3n) is 4.29. The van der Waals surface area contributed by atoms with Crippen LogP contribution in [-0.2, 0) is 14.8 Å². The maximum absolute atomic E-state index is 13.0. The fourth-order valence-electron chi connectivity index (χ4n) is 2.98. The summed E-state index contributed by atoms with van der Waals surface area (Å²) in [5, 5.41) is 3.45. The molecule has 2 aromatic carbocycles. The zero-order valence-electron chi connectivity index (χ0n) is 13.9. The van der Waals surface area contributed by atoms with Gasteiger partial charge in [0.15, 0.2) is 0 Å². The molecule has 0 spiro atoms. The summed E-state index contributed by atoms with van der Waals surface area (Å²) in [4.78, 5) is 12.9. The maximum atomic E-state index is 13.0. The molecule has 1 atom stereocenters. The van der Waals surface area contributed by atoms with E-state index in [2.05, 4.69) is 5.32 Å². The number of piperidine rings is 1. The SMILES string of the molecule is O=C(Nc1ccc(Cl)c(Cl)c1)C1CCCCN1S(=O)(=O)c1ccccc1. The number of benzene rings is 2. The highest BCUT2D eigenvalue weighted by Crippen LogP contribution is 2.28. The van der Waals surface area contributed by atoms with Crippen LogP contribution in [-0.4, -0.2) is 31.2 Å². The summed E-state index contributed by atoms with van der Waals surface area (Å²) in [6, 6.07) is 12.2. The minimum atomic E-state index is -3.74. The van der Waals surface area contributed by atoms with E-state index in [9.17, 15) is 13.2 Å². The van der Waals surface area contributed by atoms with E-state index >= 15 is 0 Å². The van der Waals surface area contributed by atoms with Gasteiger partial charge in [0, 0.05) is 12.2 Å². The first-order valence-electron chi connectivity index (χ1n) is 8.22. The average Bonchev–Trinajstić information content (AvgIpc) is 2.65. The fraction of sp³-hybridized carbons (Fsp3) is 0.278. The molecule has 1 aliphatic heterocycles. The Labute approximate surface area is 163 Å². The van der Waals surface area contributed by atoms with Crippen LogP contribution in [0.25, 0.3) is 0 Å². The number of rotatable bonds is 4. The highest BCUT2D eigenvalue weighted by molar-refractivity contribution is 7.89. The predicted octanol–water partition coefficient (Wildman–Crippen LogP) is 4.18. The average molecular weight is 413 g/mol. The normalized spacial score (nSPS) is 18.5. The van der Waals surface area contributed by atoms with Gasteiger partial charge in [0.25, 0.3) is 0 Å². The minimum Gasteiger partial charge on any atom is -0.325 e. The van der Waals surface area contributed by atoms with Gasteiger partial charge in [-0.1, -0.05) is 47.8 Å². The maximum Gasteiger partial charge on any atom is 0.243 e. The molecule has 8 heteroatoms. The molecule has 1 heterocycles. The second kappa shape index (κ2) is 7.96. The number of nitrogens with zero attached hydrogens (tertiary/aromatic N) is 1. The first-order valence-corrected chi connectivity index (χ1v) is 10.4. The van der Waals surface area contributed by atoms with Crippen molar-refractivity contribution in [2.45, 2.75) is 30.2 Å². The molecular weight excluding hydrogens is 395 g/mol. The van der Waals surface area contributed by atoms with Crippen LogP contribution in [0.15, 0.2) is 53.4 Å². The topological polar surface area (TPSA) is 66.5 Å². The molecule has 3 rings (SSSR count). The Morgan fingerprint density at radius 3 is 2.46 bits per heavy atom. The van der Waals surface area contributed by atoms with Gasteiger partial charge < -0.3 is 5.32 Å². The Hall–Kier alpha value is -1.60. The highest BCUT2D eigenvalue weighted by atomic mass is 35.5. The molecule has 1 N–H and O–H groups in total. The van der Waals surface area contributed by atoms with Gasteiger partial charge in [0.1, 0.15) is 6.04 Å². The molecule has 1 saturated heterocycles. The second-order valence-corrected chi connectivity index (χ2v) is 8.76. The summed E-state index contributed by atoms with van der Waals surface area (Å²) in [5.41, 5.74) is 0.479. The molecule has 0 bridgehead atoms. The molecule has 0 saturated carbocycles.